The van der Waals surface area contributed by atoms with Gasteiger partial charge in [-0.15, -0.1) is 0 Å². The van der Waals surface area contributed by atoms with E-state index in [1.165, 1.54) is 5.56 Å². The van der Waals surface area contributed by atoms with E-state index in [2.05, 4.69) is 25.6 Å². The fraction of sp³-hybridized carbons (Fsp3) is 0.333. The second-order valence-electron chi connectivity index (χ2n) is 3.24. The zero-order chi connectivity index (χ0) is 9.68. The molecule has 0 bridgehead atoms. The van der Waals surface area contributed by atoms with E-state index in [0.717, 1.165) is 17.7 Å². The molecule has 13 heavy (non-hydrogen) atoms. The standard InChI is InChI=1S/C12H16O/c1-4-11-5-7-12(8-6-11)13-9-10(2)3/h5-8H,2,4,9H2,1,3H3. The van der Waals surface area contributed by atoms with Crippen molar-refractivity contribution in [3.63, 3.8) is 0 Å². The minimum Gasteiger partial charge on any atom is -0.489 e. The van der Waals surface area contributed by atoms with Gasteiger partial charge < -0.3 is 4.74 Å². The summed E-state index contributed by atoms with van der Waals surface area (Å²) in [5, 5.41) is 0. The van der Waals surface area contributed by atoms with Crippen molar-refractivity contribution in [2.75, 3.05) is 6.61 Å². The van der Waals surface area contributed by atoms with Crippen LogP contribution in [-0.2, 0) is 6.42 Å². The molecule has 0 N–H and O–H groups in total. The fourth-order valence-corrected chi connectivity index (χ4v) is 1.03. The van der Waals surface area contributed by atoms with Gasteiger partial charge in [-0.05, 0) is 36.6 Å². The summed E-state index contributed by atoms with van der Waals surface area (Å²) in [5.41, 5.74) is 2.38. The average molecular weight is 176 g/mol. The zero-order valence-electron chi connectivity index (χ0n) is 8.34. The molecule has 0 aliphatic heterocycles. The van der Waals surface area contributed by atoms with Gasteiger partial charge in [-0.1, -0.05) is 25.6 Å². The lowest BCUT2D eigenvalue weighted by Crippen LogP contribution is -1.97. The van der Waals surface area contributed by atoms with Crippen LogP contribution in [0.1, 0.15) is 19.4 Å². The number of rotatable bonds is 4. The van der Waals surface area contributed by atoms with E-state index >= 15 is 0 Å². The Morgan fingerprint density at radius 3 is 2.38 bits per heavy atom. The van der Waals surface area contributed by atoms with E-state index in [1.54, 1.807) is 0 Å². The lowest BCUT2D eigenvalue weighted by molar-refractivity contribution is 0.352. The molecular formula is C12H16O. The lowest BCUT2D eigenvalue weighted by atomic mass is 10.2. The van der Waals surface area contributed by atoms with Crippen molar-refractivity contribution < 1.29 is 4.74 Å². The molecule has 0 amide bonds. The summed E-state index contributed by atoms with van der Waals surface area (Å²) in [6, 6.07) is 8.19. The molecule has 1 aromatic carbocycles. The molecule has 70 valence electrons. The number of benzene rings is 1. The van der Waals surface area contributed by atoms with Crippen LogP contribution >= 0.6 is 0 Å². The first-order valence-electron chi connectivity index (χ1n) is 4.58. The van der Waals surface area contributed by atoms with E-state index < -0.39 is 0 Å². The van der Waals surface area contributed by atoms with Crippen LogP contribution in [0.5, 0.6) is 5.75 Å². The lowest BCUT2D eigenvalue weighted by Gasteiger charge is -2.05. The smallest absolute Gasteiger partial charge is 0.119 e. The maximum absolute atomic E-state index is 5.47. The summed E-state index contributed by atoms with van der Waals surface area (Å²) in [6.07, 6.45) is 1.07. The first-order valence-corrected chi connectivity index (χ1v) is 4.58. The topological polar surface area (TPSA) is 9.23 Å². The number of aryl methyl sites for hydroxylation is 1. The van der Waals surface area contributed by atoms with Gasteiger partial charge in [0.1, 0.15) is 12.4 Å². The second-order valence-corrected chi connectivity index (χ2v) is 3.24. The summed E-state index contributed by atoms with van der Waals surface area (Å²) in [7, 11) is 0. The van der Waals surface area contributed by atoms with Gasteiger partial charge in [0.25, 0.3) is 0 Å². The van der Waals surface area contributed by atoms with Gasteiger partial charge in [0.05, 0.1) is 0 Å². The van der Waals surface area contributed by atoms with Crippen molar-refractivity contribution in [3.05, 3.63) is 42.0 Å². The molecule has 0 spiro atoms. The zero-order valence-corrected chi connectivity index (χ0v) is 8.34. The van der Waals surface area contributed by atoms with Gasteiger partial charge in [-0.25, -0.2) is 0 Å². The monoisotopic (exact) mass is 176 g/mol. The molecule has 0 aliphatic rings. The van der Waals surface area contributed by atoms with Crippen LogP contribution in [0.2, 0.25) is 0 Å². The Labute approximate surface area is 80.0 Å². The summed E-state index contributed by atoms with van der Waals surface area (Å²) in [4.78, 5) is 0. The van der Waals surface area contributed by atoms with Gasteiger partial charge in [-0.2, -0.15) is 0 Å². The molecule has 1 nitrogen and oxygen atoms in total. The molecule has 0 unspecified atom stereocenters. The Morgan fingerprint density at radius 1 is 1.31 bits per heavy atom. The van der Waals surface area contributed by atoms with Crippen molar-refractivity contribution in [1.82, 2.24) is 0 Å². The maximum Gasteiger partial charge on any atom is 0.119 e. The van der Waals surface area contributed by atoms with Gasteiger partial charge >= 0.3 is 0 Å². The third-order valence-electron chi connectivity index (χ3n) is 1.82. The average Bonchev–Trinajstić information content (AvgIpc) is 2.15. The van der Waals surface area contributed by atoms with Crippen molar-refractivity contribution in [1.29, 1.82) is 0 Å². The maximum atomic E-state index is 5.47. The molecule has 0 aromatic heterocycles. The van der Waals surface area contributed by atoms with Crippen LogP contribution in [-0.4, -0.2) is 6.61 Å². The van der Waals surface area contributed by atoms with Gasteiger partial charge in [0, 0.05) is 0 Å². The van der Waals surface area contributed by atoms with Crippen molar-refractivity contribution in [2.45, 2.75) is 20.3 Å². The molecule has 0 saturated heterocycles. The molecule has 0 heterocycles. The molecule has 0 radical (unpaired) electrons. The summed E-state index contributed by atoms with van der Waals surface area (Å²) in [5.74, 6) is 0.917. The molecule has 1 heteroatoms. The number of ether oxygens (including phenoxy) is 1. The minimum absolute atomic E-state index is 0.603. The van der Waals surface area contributed by atoms with Crippen LogP contribution in [0, 0.1) is 0 Å². The molecule has 0 atom stereocenters. The van der Waals surface area contributed by atoms with E-state index in [9.17, 15) is 0 Å². The Morgan fingerprint density at radius 2 is 1.92 bits per heavy atom. The molecule has 1 rings (SSSR count). The molecule has 1 aromatic rings. The highest BCUT2D eigenvalue weighted by atomic mass is 16.5. The van der Waals surface area contributed by atoms with E-state index in [-0.39, 0.29) is 0 Å². The van der Waals surface area contributed by atoms with E-state index in [4.69, 9.17) is 4.74 Å². The summed E-state index contributed by atoms with van der Waals surface area (Å²) in [6.45, 7) is 8.48. The Hall–Kier alpha value is -1.24. The first-order chi connectivity index (χ1) is 6.22. The van der Waals surface area contributed by atoms with Crippen molar-refractivity contribution in [3.8, 4) is 5.75 Å². The predicted octanol–water partition coefficient (Wildman–Crippen LogP) is 3.20. The highest BCUT2D eigenvalue weighted by Gasteiger charge is 1.93. The molecular weight excluding hydrogens is 160 g/mol. The molecule has 0 fully saturated rings. The first kappa shape index (κ1) is 9.85. The Kier molecular flexibility index (Phi) is 3.56. The van der Waals surface area contributed by atoms with E-state index in [1.807, 2.05) is 19.1 Å². The number of hydrogen-bond acceptors (Lipinski definition) is 1. The summed E-state index contributed by atoms with van der Waals surface area (Å²) < 4.78 is 5.47. The highest BCUT2D eigenvalue weighted by Crippen LogP contribution is 2.12. The van der Waals surface area contributed by atoms with Crippen LogP contribution in [0.25, 0.3) is 0 Å². The fourth-order valence-electron chi connectivity index (χ4n) is 1.03. The Balaban J connectivity index is 2.54. The van der Waals surface area contributed by atoms with Gasteiger partial charge in [0.2, 0.25) is 0 Å². The van der Waals surface area contributed by atoms with E-state index in [0.29, 0.717) is 6.61 Å². The highest BCUT2D eigenvalue weighted by molar-refractivity contribution is 5.27. The summed E-state index contributed by atoms with van der Waals surface area (Å²) >= 11 is 0. The molecule has 0 aliphatic carbocycles. The van der Waals surface area contributed by atoms with Gasteiger partial charge in [-0.3, -0.25) is 0 Å². The van der Waals surface area contributed by atoms with Crippen LogP contribution < -0.4 is 4.74 Å². The minimum atomic E-state index is 0.603. The normalized spacial score (nSPS) is 9.69. The Bertz CT molecular complexity index is 272. The molecule has 0 saturated carbocycles. The quantitative estimate of drug-likeness (QED) is 0.640. The largest absolute Gasteiger partial charge is 0.489 e. The van der Waals surface area contributed by atoms with Gasteiger partial charge in [0.15, 0.2) is 0 Å². The third-order valence-corrected chi connectivity index (χ3v) is 1.82. The van der Waals surface area contributed by atoms with Crippen molar-refractivity contribution >= 4 is 0 Å². The second kappa shape index (κ2) is 4.70. The predicted molar refractivity (Wildman–Crippen MR) is 56.1 cm³/mol. The van der Waals surface area contributed by atoms with Crippen LogP contribution in [0.3, 0.4) is 0 Å². The van der Waals surface area contributed by atoms with Crippen LogP contribution in [0.4, 0.5) is 0 Å². The van der Waals surface area contributed by atoms with Crippen LogP contribution in [0.15, 0.2) is 36.4 Å². The third kappa shape index (κ3) is 3.32. The SMILES string of the molecule is C=C(C)COc1ccc(CC)cc1. The number of hydrogen-bond donors (Lipinski definition) is 0. The van der Waals surface area contributed by atoms with Crippen molar-refractivity contribution in [2.24, 2.45) is 0 Å².